The predicted octanol–water partition coefficient (Wildman–Crippen LogP) is 6.56. The Balaban J connectivity index is 2.02. The van der Waals surface area contributed by atoms with Crippen molar-refractivity contribution in [2.24, 2.45) is 0 Å². The van der Waals surface area contributed by atoms with Crippen LogP contribution in [0.25, 0.3) is 5.57 Å². The van der Waals surface area contributed by atoms with Gasteiger partial charge in [-0.3, -0.25) is 0 Å². The van der Waals surface area contributed by atoms with Gasteiger partial charge in [-0.1, -0.05) is 62.2 Å². The highest BCUT2D eigenvalue weighted by atomic mass is 19.1. The molecule has 0 aromatic heterocycles. The van der Waals surface area contributed by atoms with Crippen LogP contribution in [0.2, 0.25) is 0 Å². The Labute approximate surface area is 211 Å². The third-order valence-electron chi connectivity index (χ3n) is 4.84. The maximum atomic E-state index is 14.5. The Hall–Kier alpha value is -4.19. The van der Waals surface area contributed by atoms with Crippen LogP contribution in [-0.4, -0.2) is 25.2 Å². The Morgan fingerprint density at radius 1 is 0.972 bits per heavy atom. The monoisotopic (exact) mass is 490 g/mol. The van der Waals surface area contributed by atoms with Crippen LogP contribution in [0.4, 0.5) is 4.39 Å². The van der Waals surface area contributed by atoms with Crippen molar-refractivity contribution in [3.8, 4) is 11.5 Å². The van der Waals surface area contributed by atoms with Gasteiger partial charge in [0.05, 0.1) is 13.2 Å². The van der Waals surface area contributed by atoms with E-state index in [2.05, 4.69) is 19.7 Å². The van der Waals surface area contributed by atoms with E-state index in [1.54, 1.807) is 44.2 Å². The molecule has 188 valence electrons. The smallest absolute Gasteiger partial charge is 0.338 e. The molecule has 0 N–H and O–H groups in total. The standard InChI is InChI=1S/C30H31FO5/c1-6-7-9-24(25-13-15-26(16-14-25)36-30(33)22(4)5)12-10-23-11-17-28(27(31)20-23)34-18-8-19-35-29(32)21(2)3/h6-7,9,11-17,20H,1-2,4,8,10,18-19H2,3,5H3/b9-7-,24-12+. The van der Waals surface area contributed by atoms with Gasteiger partial charge in [0.15, 0.2) is 11.6 Å². The van der Waals surface area contributed by atoms with Crippen LogP contribution in [0.5, 0.6) is 11.5 Å². The highest BCUT2D eigenvalue weighted by Gasteiger charge is 2.08. The SMILES string of the molecule is C=C/C=C\C(=C/Cc1ccc(OCCCOC(=O)C(=C)C)c(F)c1)c1ccc(OC(=O)C(=C)C)cc1. The number of rotatable bonds is 13. The predicted molar refractivity (Wildman–Crippen MR) is 140 cm³/mol. The first-order valence-corrected chi connectivity index (χ1v) is 11.4. The van der Waals surface area contributed by atoms with Crippen LogP contribution in [0.1, 0.15) is 31.4 Å². The molecule has 0 aliphatic heterocycles. The lowest BCUT2D eigenvalue weighted by molar-refractivity contribution is -0.139. The molecule has 0 atom stereocenters. The third-order valence-corrected chi connectivity index (χ3v) is 4.84. The number of halogens is 1. The largest absolute Gasteiger partial charge is 0.490 e. The molecule has 0 saturated heterocycles. The van der Waals surface area contributed by atoms with Gasteiger partial charge < -0.3 is 14.2 Å². The fraction of sp³-hybridized carbons (Fsp3) is 0.200. The summed E-state index contributed by atoms with van der Waals surface area (Å²) in [5, 5.41) is 0. The molecule has 0 fully saturated rings. The second-order valence-electron chi connectivity index (χ2n) is 8.04. The highest BCUT2D eigenvalue weighted by Crippen LogP contribution is 2.23. The maximum Gasteiger partial charge on any atom is 0.338 e. The number of esters is 2. The van der Waals surface area contributed by atoms with Crippen molar-refractivity contribution >= 4 is 17.5 Å². The molecule has 2 aromatic rings. The van der Waals surface area contributed by atoms with Gasteiger partial charge in [-0.05, 0) is 61.2 Å². The van der Waals surface area contributed by atoms with Crippen molar-refractivity contribution in [1.82, 2.24) is 0 Å². The van der Waals surface area contributed by atoms with E-state index in [1.807, 2.05) is 30.4 Å². The van der Waals surface area contributed by atoms with Gasteiger partial charge in [0.2, 0.25) is 0 Å². The molecule has 0 aliphatic rings. The molecule has 2 rings (SSSR count). The molecular formula is C30H31FO5. The number of allylic oxidation sites excluding steroid dienone is 5. The van der Waals surface area contributed by atoms with Crippen LogP contribution in [0.3, 0.4) is 0 Å². The number of hydrogen-bond acceptors (Lipinski definition) is 5. The summed E-state index contributed by atoms with van der Waals surface area (Å²) < 4.78 is 30.2. The van der Waals surface area contributed by atoms with E-state index in [0.29, 0.717) is 29.7 Å². The molecular weight excluding hydrogens is 459 g/mol. The number of benzene rings is 2. The molecule has 36 heavy (non-hydrogen) atoms. The van der Waals surface area contributed by atoms with Gasteiger partial charge in [-0.15, -0.1) is 0 Å². The fourth-order valence-electron chi connectivity index (χ4n) is 2.91. The summed E-state index contributed by atoms with van der Waals surface area (Å²) >= 11 is 0. The van der Waals surface area contributed by atoms with E-state index < -0.39 is 17.8 Å². The van der Waals surface area contributed by atoms with Crippen molar-refractivity contribution in [1.29, 1.82) is 0 Å². The summed E-state index contributed by atoms with van der Waals surface area (Å²) in [6.45, 7) is 14.3. The van der Waals surface area contributed by atoms with Crippen molar-refractivity contribution in [2.45, 2.75) is 26.7 Å². The Bertz CT molecular complexity index is 1170. The minimum Gasteiger partial charge on any atom is -0.490 e. The van der Waals surface area contributed by atoms with Gasteiger partial charge in [-0.25, -0.2) is 14.0 Å². The lowest BCUT2D eigenvalue weighted by Crippen LogP contribution is -2.09. The van der Waals surface area contributed by atoms with Crippen molar-refractivity contribution in [2.75, 3.05) is 13.2 Å². The molecule has 5 nitrogen and oxygen atoms in total. The first-order valence-electron chi connectivity index (χ1n) is 11.4. The lowest BCUT2D eigenvalue weighted by atomic mass is 10.0. The molecule has 0 bridgehead atoms. The van der Waals surface area contributed by atoms with Gasteiger partial charge >= 0.3 is 11.9 Å². The number of ether oxygens (including phenoxy) is 3. The third kappa shape index (κ3) is 9.22. The maximum absolute atomic E-state index is 14.5. The normalized spacial score (nSPS) is 11.1. The molecule has 6 heteroatoms. The van der Waals surface area contributed by atoms with Crippen molar-refractivity contribution in [3.63, 3.8) is 0 Å². The van der Waals surface area contributed by atoms with Gasteiger partial charge in [0.25, 0.3) is 0 Å². The summed E-state index contributed by atoms with van der Waals surface area (Å²) in [7, 11) is 0. The zero-order valence-electron chi connectivity index (χ0n) is 20.7. The van der Waals surface area contributed by atoms with E-state index in [4.69, 9.17) is 14.2 Å². The number of hydrogen-bond donors (Lipinski definition) is 0. The van der Waals surface area contributed by atoms with Crippen LogP contribution in [0.15, 0.2) is 97.7 Å². The average Bonchev–Trinajstić information content (AvgIpc) is 2.85. The topological polar surface area (TPSA) is 61.8 Å². The van der Waals surface area contributed by atoms with Crippen molar-refractivity contribution in [3.05, 3.63) is 115 Å². The Kier molecular flexibility index (Phi) is 11.1. The van der Waals surface area contributed by atoms with Crippen LogP contribution in [-0.2, 0) is 20.7 Å². The quantitative estimate of drug-likeness (QED) is 0.105. The molecule has 0 heterocycles. The van der Waals surface area contributed by atoms with E-state index >= 15 is 0 Å². The second kappa shape index (κ2) is 14.3. The number of carbonyl (C=O) groups is 2. The molecule has 2 aromatic carbocycles. The Morgan fingerprint density at radius 3 is 2.28 bits per heavy atom. The second-order valence-corrected chi connectivity index (χ2v) is 8.04. The van der Waals surface area contributed by atoms with E-state index in [9.17, 15) is 14.0 Å². The lowest BCUT2D eigenvalue weighted by Gasteiger charge is -2.09. The first kappa shape index (κ1) is 28.1. The minimum atomic E-state index is -0.481. The summed E-state index contributed by atoms with van der Waals surface area (Å²) in [6, 6.07) is 11.9. The van der Waals surface area contributed by atoms with Crippen LogP contribution < -0.4 is 9.47 Å². The van der Waals surface area contributed by atoms with E-state index in [1.165, 1.54) is 6.07 Å². The fourth-order valence-corrected chi connectivity index (χ4v) is 2.91. The average molecular weight is 491 g/mol. The molecule has 0 radical (unpaired) electrons. The van der Waals surface area contributed by atoms with E-state index in [0.717, 1.165) is 16.7 Å². The van der Waals surface area contributed by atoms with Gasteiger partial charge in [-0.2, -0.15) is 0 Å². The first-order chi connectivity index (χ1) is 17.2. The van der Waals surface area contributed by atoms with Crippen LogP contribution in [0, 0.1) is 5.82 Å². The summed E-state index contributed by atoms with van der Waals surface area (Å²) in [4.78, 5) is 23.0. The molecule has 0 spiro atoms. The number of carbonyl (C=O) groups excluding carboxylic acids is 2. The summed E-state index contributed by atoms with van der Waals surface area (Å²) in [5.41, 5.74) is 3.22. The van der Waals surface area contributed by atoms with E-state index in [-0.39, 0.29) is 19.0 Å². The molecule has 0 saturated carbocycles. The molecule has 0 unspecified atom stereocenters. The van der Waals surface area contributed by atoms with Gasteiger partial charge in [0.1, 0.15) is 5.75 Å². The van der Waals surface area contributed by atoms with Crippen molar-refractivity contribution < 1.29 is 28.2 Å². The zero-order chi connectivity index (χ0) is 26.5. The molecule has 0 amide bonds. The summed E-state index contributed by atoms with van der Waals surface area (Å²) in [6.07, 6.45) is 8.27. The van der Waals surface area contributed by atoms with Crippen LogP contribution >= 0.6 is 0 Å². The zero-order valence-corrected chi connectivity index (χ0v) is 20.7. The van der Waals surface area contributed by atoms with Gasteiger partial charge in [0, 0.05) is 17.6 Å². The minimum absolute atomic E-state index is 0.139. The Morgan fingerprint density at radius 2 is 1.67 bits per heavy atom. The molecule has 0 aliphatic carbocycles. The summed E-state index contributed by atoms with van der Waals surface area (Å²) in [5.74, 6) is -0.841. The highest BCUT2D eigenvalue weighted by molar-refractivity contribution is 5.89.